The van der Waals surface area contributed by atoms with E-state index in [0.717, 1.165) is 27.8 Å². The topological polar surface area (TPSA) is 67.0 Å². The van der Waals surface area contributed by atoms with Gasteiger partial charge in [0.15, 0.2) is 5.82 Å². The van der Waals surface area contributed by atoms with Crippen LogP contribution in [0.4, 0.5) is 5.82 Å². The van der Waals surface area contributed by atoms with Crippen LogP contribution in [0.25, 0.3) is 22.0 Å². The minimum Gasteiger partial charge on any atom is -0.497 e. The summed E-state index contributed by atoms with van der Waals surface area (Å²) >= 11 is 0. The highest BCUT2D eigenvalue weighted by Crippen LogP contribution is 2.28. The quantitative estimate of drug-likeness (QED) is 0.506. The molecule has 0 bridgehead atoms. The summed E-state index contributed by atoms with van der Waals surface area (Å²) in [5.41, 5.74) is 6.52. The molecule has 0 aliphatic heterocycles. The van der Waals surface area contributed by atoms with Crippen molar-refractivity contribution in [1.29, 1.82) is 0 Å². The Morgan fingerprint density at radius 1 is 1.00 bits per heavy atom. The Kier molecular flexibility index (Phi) is 5.04. The van der Waals surface area contributed by atoms with Crippen LogP contribution in [0.5, 0.6) is 5.75 Å². The second-order valence-electron chi connectivity index (χ2n) is 7.29. The fraction of sp³-hybridized carbons (Fsp3) is 0.167. The lowest BCUT2D eigenvalue weighted by Crippen LogP contribution is -2.14. The van der Waals surface area contributed by atoms with Crippen molar-refractivity contribution < 1.29 is 9.53 Å². The van der Waals surface area contributed by atoms with E-state index in [-0.39, 0.29) is 12.3 Å². The summed E-state index contributed by atoms with van der Waals surface area (Å²) in [6.45, 7) is 4.20. The van der Waals surface area contributed by atoms with Crippen LogP contribution >= 0.6 is 0 Å². The van der Waals surface area contributed by atoms with Crippen molar-refractivity contribution in [3.05, 3.63) is 77.4 Å². The third kappa shape index (κ3) is 4.14. The lowest BCUT2D eigenvalue weighted by molar-refractivity contribution is -0.115. The number of methoxy groups -OCH3 is 1. The molecule has 0 spiro atoms. The molecule has 0 unspecified atom stereocenters. The number of carbonyl (C=O) groups excluding carboxylic acids is 1. The molecule has 5 nitrogen and oxygen atoms in total. The number of fused-ring (bicyclic) bond motifs is 1. The zero-order valence-electron chi connectivity index (χ0n) is 16.7. The fourth-order valence-electron chi connectivity index (χ4n) is 3.58. The number of aryl methyl sites for hydroxylation is 2. The Hall–Kier alpha value is -3.60. The molecule has 1 aromatic heterocycles. The molecule has 2 N–H and O–H groups in total. The van der Waals surface area contributed by atoms with Crippen LogP contribution in [0.3, 0.4) is 0 Å². The highest BCUT2D eigenvalue weighted by molar-refractivity contribution is 6.01. The summed E-state index contributed by atoms with van der Waals surface area (Å²) < 4.78 is 5.21. The first-order chi connectivity index (χ1) is 14.0. The van der Waals surface area contributed by atoms with Crippen molar-refractivity contribution >= 4 is 22.6 Å². The van der Waals surface area contributed by atoms with E-state index in [1.165, 1.54) is 16.7 Å². The summed E-state index contributed by atoms with van der Waals surface area (Å²) in [6.07, 6.45) is 0.256. The summed E-state index contributed by atoms with van der Waals surface area (Å²) in [6, 6.07) is 20.1. The first-order valence-corrected chi connectivity index (χ1v) is 9.51. The maximum absolute atomic E-state index is 12.5. The molecule has 0 saturated carbocycles. The van der Waals surface area contributed by atoms with Gasteiger partial charge in [0.2, 0.25) is 5.91 Å². The zero-order chi connectivity index (χ0) is 20.4. The Bertz CT molecular complexity index is 1170. The molecule has 0 atom stereocenters. The Balaban J connectivity index is 1.55. The molecule has 0 fully saturated rings. The van der Waals surface area contributed by atoms with Gasteiger partial charge in [-0.3, -0.25) is 9.89 Å². The van der Waals surface area contributed by atoms with Crippen molar-refractivity contribution in [2.45, 2.75) is 20.3 Å². The van der Waals surface area contributed by atoms with Crippen molar-refractivity contribution in [3.63, 3.8) is 0 Å². The molecule has 29 heavy (non-hydrogen) atoms. The number of aromatic amines is 1. The predicted octanol–water partition coefficient (Wildman–Crippen LogP) is 5.04. The smallest absolute Gasteiger partial charge is 0.230 e. The lowest BCUT2D eigenvalue weighted by atomic mass is 10.00. The number of H-pyrrole nitrogens is 1. The molecule has 4 rings (SSSR count). The maximum Gasteiger partial charge on any atom is 0.230 e. The van der Waals surface area contributed by atoms with Crippen LogP contribution in [-0.2, 0) is 11.2 Å². The van der Waals surface area contributed by atoms with Gasteiger partial charge in [0.25, 0.3) is 0 Å². The lowest BCUT2D eigenvalue weighted by Gasteiger charge is -2.07. The van der Waals surface area contributed by atoms with E-state index in [4.69, 9.17) is 4.74 Å². The van der Waals surface area contributed by atoms with E-state index in [1.54, 1.807) is 7.11 Å². The number of hydrogen-bond acceptors (Lipinski definition) is 3. The Morgan fingerprint density at radius 2 is 1.79 bits per heavy atom. The summed E-state index contributed by atoms with van der Waals surface area (Å²) in [7, 11) is 1.61. The van der Waals surface area contributed by atoms with Crippen molar-refractivity contribution in [2.75, 3.05) is 12.4 Å². The van der Waals surface area contributed by atoms with Gasteiger partial charge in [-0.2, -0.15) is 5.10 Å². The van der Waals surface area contributed by atoms with Gasteiger partial charge in [-0.1, -0.05) is 47.5 Å². The minimum absolute atomic E-state index is 0.120. The van der Waals surface area contributed by atoms with Gasteiger partial charge in [-0.25, -0.2) is 0 Å². The van der Waals surface area contributed by atoms with E-state index < -0.39 is 0 Å². The van der Waals surface area contributed by atoms with Gasteiger partial charge in [-0.15, -0.1) is 0 Å². The number of aromatic nitrogens is 2. The van der Waals surface area contributed by atoms with Crippen LogP contribution in [0.2, 0.25) is 0 Å². The van der Waals surface area contributed by atoms with Gasteiger partial charge in [0.1, 0.15) is 5.75 Å². The van der Waals surface area contributed by atoms with Crippen LogP contribution in [0.1, 0.15) is 16.7 Å². The Morgan fingerprint density at radius 3 is 2.55 bits per heavy atom. The first kappa shape index (κ1) is 18.7. The SMILES string of the molecule is COc1cccc(CC(=O)Nc2n[nH]c3cc(-c4cc(C)cc(C)c4)ccc23)c1. The van der Waals surface area contributed by atoms with Crippen molar-refractivity contribution in [2.24, 2.45) is 0 Å². The number of benzene rings is 3. The molecule has 1 amide bonds. The predicted molar refractivity (Wildman–Crippen MR) is 116 cm³/mol. The molecular weight excluding hydrogens is 362 g/mol. The molecule has 4 aromatic rings. The molecule has 3 aromatic carbocycles. The summed E-state index contributed by atoms with van der Waals surface area (Å²) in [5, 5.41) is 11.1. The largest absolute Gasteiger partial charge is 0.497 e. The van der Waals surface area contributed by atoms with Crippen LogP contribution in [-0.4, -0.2) is 23.2 Å². The monoisotopic (exact) mass is 385 g/mol. The first-order valence-electron chi connectivity index (χ1n) is 9.51. The average Bonchev–Trinajstić information content (AvgIpc) is 3.09. The number of nitrogens with zero attached hydrogens (tertiary/aromatic N) is 1. The van der Waals surface area contributed by atoms with Gasteiger partial charge in [-0.05, 0) is 54.8 Å². The van der Waals surface area contributed by atoms with Gasteiger partial charge in [0.05, 0.1) is 19.0 Å². The van der Waals surface area contributed by atoms with Crippen molar-refractivity contribution in [1.82, 2.24) is 10.2 Å². The average molecular weight is 385 g/mol. The number of amides is 1. The molecule has 146 valence electrons. The molecule has 5 heteroatoms. The van der Waals surface area contributed by atoms with Gasteiger partial charge < -0.3 is 10.1 Å². The van der Waals surface area contributed by atoms with E-state index in [9.17, 15) is 4.79 Å². The fourth-order valence-corrected chi connectivity index (χ4v) is 3.58. The third-order valence-corrected chi connectivity index (χ3v) is 4.87. The van der Waals surface area contributed by atoms with Crippen molar-refractivity contribution in [3.8, 4) is 16.9 Å². The molecule has 0 radical (unpaired) electrons. The number of hydrogen-bond donors (Lipinski definition) is 2. The van der Waals surface area contributed by atoms with Crippen LogP contribution in [0.15, 0.2) is 60.7 Å². The molecule has 1 heterocycles. The molecule has 0 saturated heterocycles. The van der Waals surface area contributed by atoms with E-state index in [0.29, 0.717) is 5.82 Å². The molecule has 0 aliphatic carbocycles. The third-order valence-electron chi connectivity index (χ3n) is 4.87. The number of anilines is 1. The standard InChI is InChI=1S/C24H23N3O2/c1-15-9-16(2)11-19(10-15)18-7-8-21-22(14-18)26-27-24(21)25-23(28)13-17-5-4-6-20(12-17)29-3/h4-12,14H,13H2,1-3H3,(H2,25,26,27,28). The van der Waals surface area contributed by atoms with E-state index in [2.05, 4.69) is 59.7 Å². The second-order valence-corrected chi connectivity index (χ2v) is 7.29. The molecular formula is C24H23N3O2. The second kappa shape index (κ2) is 7.80. The Labute approximate surface area is 169 Å². The summed E-state index contributed by atoms with van der Waals surface area (Å²) in [5.74, 6) is 1.16. The van der Waals surface area contributed by atoms with E-state index in [1.807, 2.05) is 30.3 Å². The van der Waals surface area contributed by atoms with Gasteiger partial charge >= 0.3 is 0 Å². The maximum atomic E-state index is 12.5. The van der Waals surface area contributed by atoms with Crippen LogP contribution < -0.4 is 10.1 Å². The number of ether oxygens (including phenoxy) is 1. The number of nitrogens with one attached hydrogen (secondary N) is 2. The number of rotatable bonds is 5. The normalized spacial score (nSPS) is 10.9. The van der Waals surface area contributed by atoms with Gasteiger partial charge in [0, 0.05) is 5.39 Å². The molecule has 0 aliphatic rings. The number of carbonyl (C=O) groups is 1. The zero-order valence-corrected chi connectivity index (χ0v) is 16.7. The minimum atomic E-state index is -0.120. The van der Waals surface area contributed by atoms with Crippen LogP contribution in [0, 0.1) is 13.8 Å². The van der Waals surface area contributed by atoms with E-state index >= 15 is 0 Å². The highest BCUT2D eigenvalue weighted by Gasteiger charge is 2.12. The highest BCUT2D eigenvalue weighted by atomic mass is 16.5. The summed E-state index contributed by atoms with van der Waals surface area (Å²) in [4.78, 5) is 12.5.